The molecule has 0 aliphatic carbocycles. The van der Waals surface area contributed by atoms with Crippen LogP contribution in [0.5, 0.6) is 0 Å². The minimum Gasteiger partial charge on any atom is -0.355 e. The second-order valence-electron chi connectivity index (χ2n) is 6.25. The number of sulfonamides is 1. The van der Waals surface area contributed by atoms with E-state index >= 15 is 0 Å². The first-order valence-corrected chi connectivity index (χ1v) is 9.80. The third-order valence-electron chi connectivity index (χ3n) is 4.06. The number of carbonyl (C=O) groups excluding carboxylic acids is 1. The van der Waals surface area contributed by atoms with Gasteiger partial charge in [0.05, 0.1) is 10.8 Å². The lowest BCUT2D eigenvalue weighted by Crippen LogP contribution is -2.46. The largest absolute Gasteiger partial charge is 0.355 e. The maximum Gasteiger partial charge on any atom is 0.243 e. The molecule has 1 aromatic carbocycles. The van der Waals surface area contributed by atoms with Crippen LogP contribution in [0.4, 0.5) is 0 Å². The summed E-state index contributed by atoms with van der Waals surface area (Å²) in [5.74, 6) is -0.379. The predicted molar refractivity (Wildman–Crippen MR) is 94.5 cm³/mol. The number of likely N-dealkylation sites (N-methyl/N-ethyl adjacent to an activating group) is 1. The van der Waals surface area contributed by atoms with Gasteiger partial charge in [0.1, 0.15) is 0 Å². The van der Waals surface area contributed by atoms with Gasteiger partial charge >= 0.3 is 0 Å². The Hall–Kier alpha value is -1.15. The van der Waals surface area contributed by atoms with Crippen molar-refractivity contribution < 1.29 is 13.2 Å². The summed E-state index contributed by atoms with van der Waals surface area (Å²) in [6, 6.07) is 6.12. The summed E-state index contributed by atoms with van der Waals surface area (Å²) in [7, 11) is 0.283. The molecule has 2 rings (SSSR count). The Labute approximate surface area is 148 Å². The van der Waals surface area contributed by atoms with Gasteiger partial charge in [-0.3, -0.25) is 4.79 Å². The molecule has 8 heteroatoms. The van der Waals surface area contributed by atoms with Crippen molar-refractivity contribution in [1.82, 2.24) is 14.5 Å². The van der Waals surface area contributed by atoms with Crippen LogP contribution >= 0.6 is 11.6 Å². The number of benzene rings is 1. The molecular weight excluding hydrogens is 350 g/mol. The first-order chi connectivity index (χ1) is 11.3. The van der Waals surface area contributed by atoms with Gasteiger partial charge in [-0.25, -0.2) is 8.42 Å². The highest BCUT2D eigenvalue weighted by Gasteiger charge is 2.33. The maximum atomic E-state index is 12.7. The summed E-state index contributed by atoms with van der Waals surface area (Å²) in [5, 5.41) is 3.37. The van der Waals surface area contributed by atoms with Crippen LogP contribution in [0.3, 0.4) is 0 Å². The quantitative estimate of drug-likeness (QED) is 0.818. The highest BCUT2D eigenvalue weighted by molar-refractivity contribution is 7.89. The lowest BCUT2D eigenvalue weighted by molar-refractivity contribution is -0.126. The minimum absolute atomic E-state index is 0.0761. The van der Waals surface area contributed by atoms with Crippen molar-refractivity contribution >= 4 is 27.5 Å². The standard InChI is InChI=1S/C16H24ClN3O3S/c1-19(2)11-9-18-16(21)13-4-3-10-20(12-13)24(22,23)15-7-5-14(17)6-8-15/h5-8,13H,3-4,9-12H2,1-2H3,(H,18,21)/t13-/m0/s1. The molecule has 0 unspecified atom stereocenters. The van der Waals surface area contributed by atoms with Gasteiger partial charge in [-0.1, -0.05) is 11.6 Å². The molecule has 1 atom stereocenters. The fourth-order valence-corrected chi connectivity index (χ4v) is 4.33. The van der Waals surface area contributed by atoms with E-state index in [4.69, 9.17) is 11.6 Å². The number of halogens is 1. The summed E-state index contributed by atoms with van der Waals surface area (Å²) < 4.78 is 26.8. The molecule has 0 saturated carbocycles. The van der Waals surface area contributed by atoms with E-state index in [1.54, 1.807) is 12.1 Å². The average molecular weight is 374 g/mol. The molecule has 1 aromatic rings. The maximum absolute atomic E-state index is 12.7. The molecule has 0 aromatic heterocycles. The van der Waals surface area contributed by atoms with Crippen molar-refractivity contribution in [1.29, 1.82) is 0 Å². The van der Waals surface area contributed by atoms with Crippen molar-refractivity contribution in [3.63, 3.8) is 0 Å². The van der Waals surface area contributed by atoms with Crippen LogP contribution in [0.1, 0.15) is 12.8 Å². The normalized spacial score (nSPS) is 19.4. The van der Waals surface area contributed by atoms with Crippen molar-refractivity contribution in [3.8, 4) is 0 Å². The molecule has 1 aliphatic rings. The molecule has 24 heavy (non-hydrogen) atoms. The van der Waals surface area contributed by atoms with E-state index in [-0.39, 0.29) is 23.3 Å². The van der Waals surface area contributed by atoms with E-state index < -0.39 is 10.0 Å². The van der Waals surface area contributed by atoms with Crippen LogP contribution in [-0.4, -0.2) is 63.8 Å². The van der Waals surface area contributed by atoms with Crippen LogP contribution in [0.25, 0.3) is 0 Å². The molecule has 1 amide bonds. The SMILES string of the molecule is CN(C)CCNC(=O)[C@H]1CCCN(S(=O)(=O)c2ccc(Cl)cc2)C1. The van der Waals surface area contributed by atoms with Crippen molar-refractivity contribution in [2.24, 2.45) is 5.92 Å². The zero-order valence-corrected chi connectivity index (χ0v) is 15.6. The minimum atomic E-state index is -3.59. The van der Waals surface area contributed by atoms with E-state index in [9.17, 15) is 13.2 Å². The second kappa shape index (κ2) is 8.29. The average Bonchev–Trinajstić information content (AvgIpc) is 2.55. The van der Waals surface area contributed by atoms with Crippen LogP contribution in [0, 0.1) is 5.92 Å². The molecule has 0 bridgehead atoms. The van der Waals surface area contributed by atoms with Gasteiger partial charge in [0.15, 0.2) is 0 Å². The summed E-state index contributed by atoms with van der Waals surface area (Å²) in [6.45, 7) is 1.97. The van der Waals surface area contributed by atoms with Crippen molar-refractivity contribution in [2.75, 3.05) is 40.3 Å². The Morgan fingerprint density at radius 3 is 2.62 bits per heavy atom. The number of nitrogens with one attached hydrogen (secondary N) is 1. The van der Waals surface area contributed by atoms with Crippen LogP contribution < -0.4 is 5.32 Å². The van der Waals surface area contributed by atoms with E-state index in [1.165, 1.54) is 16.4 Å². The number of hydrogen-bond acceptors (Lipinski definition) is 4. The molecule has 1 fully saturated rings. The molecule has 1 N–H and O–H groups in total. The number of rotatable bonds is 6. The smallest absolute Gasteiger partial charge is 0.243 e. The lowest BCUT2D eigenvalue weighted by Gasteiger charge is -2.31. The summed E-state index contributed by atoms with van der Waals surface area (Å²) >= 11 is 5.82. The molecule has 1 saturated heterocycles. The predicted octanol–water partition coefficient (Wildman–Crippen LogP) is 1.42. The van der Waals surface area contributed by atoms with Gasteiger partial charge in [0, 0.05) is 31.2 Å². The Morgan fingerprint density at radius 2 is 2.00 bits per heavy atom. The topological polar surface area (TPSA) is 69.7 Å². The van der Waals surface area contributed by atoms with E-state index in [0.29, 0.717) is 31.0 Å². The van der Waals surface area contributed by atoms with Crippen LogP contribution in [-0.2, 0) is 14.8 Å². The third-order valence-corrected chi connectivity index (χ3v) is 6.20. The van der Waals surface area contributed by atoms with Crippen molar-refractivity contribution in [2.45, 2.75) is 17.7 Å². The zero-order chi connectivity index (χ0) is 17.7. The van der Waals surface area contributed by atoms with Gasteiger partial charge in [0.2, 0.25) is 15.9 Å². The van der Waals surface area contributed by atoms with E-state index in [1.807, 2.05) is 19.0 Å². The van der Waals surface area contributed by atoms with Gasteiger partial charge in [0.25, 0.3) is 0 Å². The van der Waals surface area contributed by atoms with Crippen LogP contribution in [0.2, 0.25) is 5.02 Å². The Bertz CT molecular complexity index is 662. The highest BCUT2D eigenvalue weighted by Crippen LogP contribution is 2.24. The fourth-order valence-electron chi connectivity index (χ4n) is 2.68. The zero-order valence-electron chi connectivity index (χ0n) is 14.0. The number of carbonyl (C=O) groups is 1. The molecule has 1 heterocycles. The second-order valence-corrected chi connectivity index (χ2v) is 8.62. The van der Waals surface area contributed by atoms with E-state index in [2.05, 4.69) is 5.32 Å². The summed E-state index contributed by atoms with van der Waals surface area (Å²) in [5.41, 5.74) is 0. The highest BCUT2D eigenvalue weighted by atomic mass is 35.5. The number of piperidine rings is 1. The molecule has 0 spiro atoms. The molecule has 134 valence electrons. The first-order valence-electron chi connectivity index (χ1n) is 7.99. The Balaban J connectivity index is 2.01. The fraction of sp³-hybridized carbons (Fsp3) is 0.562. The van der Waals surface area contributed by atoms with Gasteiger partial charge in [-0.05, 0) is 51.2 Å². The first kappa shape index (κ1) is 19.2. The monoisotopic (exact) mass is 373 g/mol. The Kier molecular flexibility index (Phi) is 6.62. The molecule has 1 aliphatic heterocycles. The summed E-state index contributed by atoms with van der Waals surface area (Å²) in [4.78, 5) is 14.5. The van der Waals surface area contributed by atoms with Gasteiger partial charge in [-0.2, -0.15) is 4.31 Å². The third kappa shape index (κ3) is 4.92. The lowest BCUT2D eigenvalue weighted by atomic mass is 9.99. The summed E-state index contributed by atoms with van der Waals surface area (Å²) in [6.07, 6.45) is 1.39. The van der Waals surface area contributed by atoms with Gasteiger partial charge < -0.3 is 10.2 Å². The molecular formula is C16H24ClN3O3S. The number of hydrogen-bond donors (Lipinski definition) is 1. The molecule has 6 nitrogen and oxygen atoms in total. The molecule has 0 radical (unpaired) electrons. The van der Waals surface area contributed by atoms with Crippen molar-refractivity contribution in [3.05, 3.63) is 29.3 Å². The Morgan fingerprint density at radius 1 is 1.33 bits per heavy atom. The number of amides is 1. The van der Waals surface area contributed by atoms with E-state index in [0.717, 1.165) is 6.54 Å². The number of nitrogens with zero attached hydrogens (tertiary/aromatic N) is 2. The van der Waals surface area contributed by atoms with Gasteiger partial charge in [-0.15, -0.1) is 0 Å². The van der Waals surface area contributed by atoms with Crippen LogP contribution in [0.15, 0.2) is 29.2 Å².